The average Bonchev–Trinajstić information content (AvgIpc) is 1.57. The first-order valence-corrected chi connectivity index (χ1v) is 43.0. The van der Waals surface area contributed by atoms with E-state index in [0.717, 1.165) is 128 Å². The zero-order valence-electron chi connectivity index (χ0n) is 68.3. The Morgan fingerprint density at radius 3 is 0.937 bits per heavy atom. The summed E-state index contributed by atoms with van der Waals surface area (Å²) < 4.78 is 9.65. The average molecular weight is 1600 g/mol. The van der Waals surface area contributed by atoms with Crippen molar-refractivity contribution in [3.63, 3.8) is 0 Å². The molecule has 0 spiro atoms. The van der Waals surface area contributed by atoms with Crippen molar-refractivity contribution >= 4 is 141 Å². The van der Waals surface area contributed by atoms with Crippen LogP contribution in [0.15, 0.2) is 449 Å². The van der Waals surface area contributed by atoms with E-state index < -0.39 is 0 Å². The van der Waals surface area contributed by atoms with Gasteiger partial charge in [0.1, 0.15) is 0 Å². The maximum atomic E-state index is 5.45. The molecule has 6 heterocycles. The van der Waals surface area contributed by atoms with Crippen molar-refractivity contribution in [3.05, 3.63) is 449 Å². The summed E-state index contributed by atoms with van der Waals surface area (Å²) in [4.78, 5) is 21.1. The van der Waals surface area contributed by atoms with Crippen LogP contribution in [0, 0.1) is 0 Å². The van der Waals surface area contributed by atoms with Crippen LogP contribution in [-0.4, -0.2) is 38.2 Å². The zero-order chi connectivity index (χ0) is 82.9. The van der Waals surface area contributed by atoms with Gasteiger partial charge < -0.3 is 18.3 Å². The first-order valence-electron chi connectivity index (χ1n) is 43.0. The summed E-state index contributed by atoms with van der Waals surface area (Å²) in [7, 11) is 0. The van der Waals surface area contributed by atoms with Gasteiger partial charge in [-0.1, -0.05) is 303 Å². The zero-order valence-corrected chi connectivity index (χ0v) is 68.3. The standard InChI is InChI=1S/C64H40N4.C54H34N4/c1-3-15-41(16-4-1)47-34-48(42-17-5-2-6-18-42)36-50(35-47)63-55-23-9-12-24-58(55)65-64(66-63)46-28-27-43-29-30-51(37-49(43)33-46)68-61-32-31-52(40-57(61)56-38-44-19-7-8-20-45(44)39-62(56)68)67-59-25-13-10-21-53(59)54-22-11-14-26-60(54)67;1-2-13-35(14-3-1)36-25-27-37(28-26-36)53-45-21-6-9-22-48(45)55-54(56-53)40-17-12-18-41(31-40)58-51-30-29-42(34-47(51)46-32-38-15-4-5-16-39(38)33-52(46)58)57-49-23-10-7-19-43(49)44-20-8-11-24-50(44)57/h1-40H;1-34H. The molecular formula is C118H74N8. The van der Waals surface area contributed by atoms with Gasteiger partial charge in [-0.3, -0.25) is 0 Å². The molecule has 586 valence electrons. The fourth-order valence-corrected chi connectivity index (χ4v) is 19.6. The Morgan fingerprint density at radius 2 is 0.452 bits per heavy atom. The summed E-state index contributed by atoms with van der Waals surface area (Å²) in [5.74, 6) is 1.39. The maximum absolute atomic E-state index is 5.45. The fourth-order valence-electron chi connectivity index (χ4n) is 19.6. The summed E-state index contributed by atoms with van der Waals surface area (Å²) in [6.45, 7) is 0. The second-order valence-corrected chi connectivity index (χ2v) is 32.8. The highest BCUT2D eigenvalue weighted by atomic mass is 15.0. The second kappa shape index (κ2) is 29.5. The summed E-state index contributed by atoms with van der Waals surface area (Å²) in [5.41, 5.74) is 28.5. The topological polar surface area (TPSA) is 71.3 Å². The first kappa shape index (κ1) is 71.9. The summed E-state index contributed by atoms with van der Waals surface area (Å²) in [5, 5.41) is 19.1. The largest absolute Gasteiger partial charge is 0.309 e. The van der Waals surface area contributed by atoms with Gasteiger partial charge in [-0.2, -0.15) is 0 Å². The van der Waals surface area contributed by atoms with Gasteiger partial charge >= 0.3 is 0 Å². The number of hydrogen-bond donors (Lipinski definition) is 0. The van der Waals surface area contributed by atoms with E-state index in [-0.39, 0.29) is 0 Å². The van der Waals surface area contributed by atoms with Crippen molar-refractivity contribution in [1.29, 1.82) is 0 Å². The molecule has 6 aromatic heterocycles. The molecule has 8 heteroatoms. The minimum Gasteiger partial charge on any atom is -0.309 e. The van der Waals surface area contributed by atoms with E-state index >= 15 is 0 Å². The van der Waals surface area contributed by atoms with Gasteiger partial charge in [0.05, 0.1) is 66.6 Å². The van der Waals surface area contributed by atoms with Crippen molar-refractivity contribution in [2.75, 3.05) is 0 Å². The smallest absolute Gasteiger partial charge is 0.160 e. The number of nitrogens with zero attached hydrogens (tertiary/aromatic N) is 8. The molecule has 0 amide bonds. The van der Waals surface area contributed by atoms with E-state index in [2.05, 4.69) is 461 Å². The Morgan fingerprint density at radius 1 is 0.135 bits per heavy atom. The van der Waals surface area contributed by atoms with Crippen molar-refractivity contribution in [3.8, 4) is 101 Å². The van der Waals surface area contributed by atoms with Crippen LogP contribution >= 0.6 is 0 Å². The number of para-hydroxylation sites is 6. The van der Waals surface area contributed by atoms with Gasteiger partial charge in [0, 0.05) is 98.9 Å². The Labute approximate surface area is 725 Å². The third-order valence-corrected chi connectivity index (χ3v) is 25.5. The van der Waals surface area contributed by atoms with Crippen LogP contribution in [0.1, 0.15) is 0 Å². The first-order chi connectivity index (χ1) is 62.4. The molecule has 0 aliphatic carbocycles. The molecule has 0 saturated carbocycles. The Kier molecular flexibility index (Phi) is 16.8. The van der Waals surface area contributed by atoms with Crippen LogP contribution < -0.4 is 0 Å². The van der Waals surface area contributed by atoms with Crippen molar-refractivity contribution in [2.24, 2.45) is 0 Å². The SMILES string of the molecule is c1ccc(-c2cc(-c3ccccc3)cc(-c3nc(-c4ccc5ccc(-n6c7ccc(-n8c9ccccc9c9ccccc98)cc7c7cc8ccccc8cc76)cc5c4)nc4ccccc34)c2)cc1.c1ccc(-c2ccc(-c3nc(-c4cccc(-n5c6ccc(-n7c8ccccc8c8ccccc87)cc6c6cc7ccccc7cc65)c4)nc4ccccc34)cc2)cc1. The van der Waals surface area contributed by atoms with Crippen LogP contribution in [-0.2, 0) is 0 Å². The van der Waals surface area contributed by atoms with Gasteiger partial charge in [0.2, 0.25) is 0 Å². The molecule has 126 heavy (non-hydrogen) atoms. The molecule has 0 N–H and O–H groups in total. The molecule has 0 aliphatic rings. The highest BCUT2D eigenvalue weighted by Crippen LogP contribution is 2.45. The number of hydrogen-bond acceptors (Lipinski definition) is 4. The number of aromatic nitrogens is 8. The number of rotatable bonds is 11. The van der Waals surface area contributed by atoms with Gasteiger partial charge in [0.15, 0.2) is 11.6 Å². The highest BCUT2D eigenvalue weighted by molar-refractivity contribution is 6.18. The third kappa shape index (κ3) is 12.1. The Bertz CT molecular complexity index is 8740. The predicted octanol–water partition coefficient (Wildman–Crippen LogP) is 30.8. The molecule has 0 radical (unpaired) electrons. The molecule has 26 aromatic rings. The van der Waals surface area contributed by atoms with Crippen LogP contribution in [0.25, 0.3) is 243 Å². The van der Waals surface area contributed by atoms with Crippen molar-refractivity contribution < 1.29 is 0 Å². The Hall–Kier alpha value is -16.9. The molecular weight excluding hydrogens is 1530 g/mol. The highest BCUT2D eigenvalue weighted by Gasteiger charge is 2.24. The van der Waals surface area contributed by atoms with Gasteiger partial charge in [-0.05, 0) is 211 Å². The van der Waals surface area contributed by atoms with E-state index in [0.29, 0.717) is 11.6 Å². The van der Waals surface area contributed by atoms with Crippen LogP contribution in [0.4, 0.5) is 0 Å². The molecule has 0 atom stereocenters. The van der Waals surface area contributed by atoms with E-state index in [1.54, 1.807) is 0 Å². The fraction of sp³-hybridized carbons (Fsp3) is 0. The van der Waals surface area contributed by atoms with Crippen molar-refractivity contribution in [2.45, 2.75) is 0 Å². The van der Waals surface area contributed by atoms with E-state index in [1.807, 2.05) is 6.07 Å². The monoisotopic (exact) mass is 1600 g/mol. The molecule has 26 rings (SSSR count). The molecule has 0 aliphatic heterocycles. The lowest BCUT2D eigenvalue weighted by Gasteiger charge is -2.14. The molecule has 0 saturated heterocycles. The maximum Gasteiger partial charge on any atom is 0.160 e. The lowest BCUT2D eigenvalue weighted by molar-refractivity contribution is 1.16. The van der Waals surface area contributed by atoms with Crippen LogP contribution in [0.3, 0.4) is 0 Å². The lowest BCUT2D eigenvalue weighted by atomic mass is 9.94. The molecule has 0 unspecified atom stereocenters. The number of fused-ring (bicyclic) bond motifs is 17. The van der Waals surface area contributed by atoms with Gasteiger partial charge in [0.25, 0.3) is 0 Å². The molecule has 0 bridgehead atoms. The normalized spacial score (nSPS) is 11.8. The molecule has 0 fully saturated rings. The van der Waals surface area contributed by atoms with Crippen molar-refractivity contribution in [1.82, 2.24) is 38.2 Å². The Balaban J connectivity index is 0.000000139. The van der Waals surface area contributed by atoms with Crippen LogP contribution in [0.5, 0.6) is 0 Å². The lowest BCUT2D eigenvalue weighted by Crippen LogP contribution is -1.98. The minimum absolute atomic E-state index is 0.693. The number of benzene rings is 20. The van der Waals surface area contributed by atoms with E-state index in [9.17, 15) is 0 Å². The van der Waals surface area contributed by atoms with E-state index in [4.69, 9.17) is 19.9 Å². The minimum atomic E-state index is 0.693. The predicted molar refractivity (Wildman–Crippen MR) is 527 cm³/mol. The van der Waals surface area contributed by atoms with Gasteiger partial charge in [-0.25, -0.2) is 19.9 Å². The quantitative estimate of drug-likeness (QED) is 0.129. The van der Waals surface area contributed by atoms with Gasteiger partial charge in [-0.15, -0.1) is 0 Å². The summed E-state index contributed by atoms with van der Waals surface area (Å²) >= 11 is 0. The molecule has 8 nitrogen and oxygen atoms in total. The third-order valence-electron chi connectivity index (χ3n) is 25.5. The van der Waals surface area contributed by atoms with Crippen LogP contribution in [0.2, 0.25) is 0 Å². The second-order valence-electron chi connectivity index (χ2n) is 32.8. The molecule has 20 aromatic carbocycles. The summed E-state index contributed by atoms with van der Waals surface area (Å²) in [6.07, 6.45) is 0. The summed E-state index contributed by atoms with van der Waals surface area (Å²) in [6, 6.07) is 162. The van der Waals surface area contributed by atoms with E-state index in [1.165, 1.54) is 103 Å².